The first-order chi connectivity index (χ1) is 21.2. The Morgan fingerprint density at radius 3 is 1.74 bits per heavy atom. The molecular weight excluding hydrogens is 526 g/mol. The third-order valence-corrected chi connectivity index (χ3v) is 10.4. The first kappa shape index (κ1) is 25.0. The average Bonchev–Trinajstić information content (AvgIpc) is 3.54. The van der Waals surface area contributed by atoms with Crippen LogP contribution in [0, 0.1) is 17.8 Å². The summed E-state index contributed by atoms with van der Waals surface area (Å²) in [5.41, 5.74) is 10.8. The molecule has 10 rings (SSSR count). The first-order valence-electron chi connectivity index (χ1n) is 15.7. The highest BCUT2D eigenvalue weighted by Crippen LogP contribution is 2.60. The van der Waals surface area contributed by atoms with Crippen molar-refractivity contribution in [3.8, 4) is 44.8 Å². The predicted molar refractivity (Wildman–Crippen MR) is 171 cm³/mol. The number of hydrogen-bond acceptors (Lipinski definition) is 4. The van der Waals surface area contributed by atoms with Crippen molar-refractivity contribution in [2.24, 2.45) is 17.8 Å². The molecule has 210 valence electrons. The number of para-hydroxylation sites is 1. The largest absolute Gasteiger partial charge is 0.443 e. The van der Waals surface area contributed by atoms with Gasteiger partial charge in [0.1, 0.15) is 11.3 Å². The summed E-state index contributed by atoms with van der Waals surface area (Å²) >= 11 is 0. The van der Waals surface area contributed by atoms with Gasteiger partial charge in [0, 0.05) is 22.1 Å². The zero-order chi connectivity index (χ0) is 28.4. The molecule has 0 atom stereocenters. The van der Waals surface area contributed by atoms with E-state index in [0.29, 0.717) is 0 Å². The average molecular weight is 560 g/mol. The maximum atomic E-state index is 5.66. The van der Waals surface area contributed by atoms with Crippen LogP contribution in [0.2, 0.25) is 0 Å². The maximum absolute atomic E-state index is 5.66. The van der Waals surface area contributed by atoms with E-state index in [1.54, 1.807) is 0 Å². The van der Waals surface area contributed by atoms with Crippen molar-refractivity contribution in [1.82, 2.24) is 15.0 Å². The fourth-order valence-corrected chi connectivity index (χ4v) is 8.76. The lowest BCUT2D eigenvalue weighted by molar-refractivity contribution is -0.00929. The highest BCUT2D eigenvalue weighted by molar-refractivity contribution is 5.90. The first-order valence-corrected chi connectivity index (χ1v) is 15.7. The Balaban J connectivity index is 1.06. The molecule has 4 aliphatic rings. The molecule has 2 aromatic heterocycles. The maximum Gasteiger partial charge on any atom is 0.182 e. The van der Waals surface area contributed by atoms with E-state index in [9.17, 15) is 0 Å². The van der Waals surface area contributed by atoms with Crippen LogP contribution in [0.3, 0.4) is 0 Å². The standard InChI is InChI=1S/C39H33N3O/c1-2-5-31(6-3-1)35-20-36(42-38(41-35)39-21-25-17-26(22-39)19-27(18-25)23-39)32-15-11-29(12-16-32)28-9-13-30(14-10-28)33-7-4-8-34-37(33)43-24-40-34/h1-16,20,24-27H,17-19,21-23H2. The Morgan fingerprint density at radius 2 is 1.12 bits per heavy atom. The molecule has 6 aromatic rings. The summed E-state index contributed by atoms with van der Waals surface area (Å²) in [5, 5.41) is 0. The van der Waals surface area contributed by atoms with Crippen LogP contribution < -0.4 is 0 Å². The summed E-state index contributed by atoms with van der Waals surface area (Å²) in [7, 11) is 0. The topological polar surface area (TPSA) is 51.8 Å². The minimum Gasteiger partial charge on any atom is -0.443 e. The molecule has 4 nitrogen and oxygen atoms in total. The van der Waals surface area contributed by atoms with Gasteiger partial charge in [-0.2, -0.15) is 0 Å². The Labute approximate surface area is 251 Å². The smallest absolute Gasteiger partial charge is 0.182 e. The number of aromatic nitrogens is 3. The third kappa shape index (κ3) is 4.31. The number of rotatable bonds is 5. The number of nitrogens with zero attached hydrogens (tertiary/aromatic N) is 3. The number of oxazole rings is 1. The lowest BCUT2D eigenvalue weighted by Crippen LogP contribution is -2.49. The molecule has 0 radical (unpaired) electrons. The zero-order valence-electron chi connectivity index (χ0n) is 24.1. The Hall–Kier alpha value is -4.57. The van der Waals surface area contributed by atoms with E-state index in [1.807, 2.05) is 12.1 Å². The molecule has 4 aromatic carbocycles. The monoisotopic (exact) mass is 559 g/mol. The molecule has 0 aliphatic heterocycles. The summed E-state index contributed by atoms with van der Waals surface area (Å²) in [6.07, 6.45) is 9.55. The Bertz CT molecular complexity index is 1900. The number of fused-ring (bicyclic) bond motifs is 1. The molecular formula is C39H33N3O. The third-order valence-electron chi connectivity index (χ3n) is 10.4. The lowest BCUT2D eigenvalue weighted by atomic mass is 9.49. The summed E-state index contributed by atoms with van der Waals surface area (Å²) in [5.74, 6) is 3.65. The minimum absolute atomic E-state index is 0.145. The fourth-order valence-electron chi connectivity index (χ4n) is 8.76. The minimum atomic E-state index is 0.145. The quantitative estimate of drug-likeness (QED) is 0.211. The zero-order valence-corrected chi connectivity index (χ0v) is 24.1. The molecule has 0 saturated heterocycles. The second kappa shape index (κ2) is 9.74. The van der Waals surface area contributed by atoms with E-state index < -0.39 is 0 Å². The molecule has 0 spiro atoms. The van der Waals surface area contributed by atoms with Crippen LogP contribution in [0.5, 0.6) is 0 Å². The highest BCUT2D eigenvalue weighted by atomic mass is 16.3. The van der Waals surface area contributed by atoms with Crippen molar-refractivity contribution < 1.29 is 4.42 Å². The summed E-state index contributed by atoms with van der Waals surface area (Å²) in [6, 6.07) is 36.5. The van der Waals surface area contributed by atoms with Crippen molar-refractivity contribution in [1.29, 1.82) is 0 Å². The van der Waals surface area contributed by atoms with E-state index in [1.165, 1.54) is 56.0 Å². The Morgan fingerprint density at radius 1 is 0.558 bits per heavy atom. The van der Waals surface area contributed by atoms with Crippen molar-refractivity contribution in [3.05, 3.63) is 115 Å². The van der Waals surface area contributed by atoms with Crippen LogP contribution in [0.15, 0.2) is 114 Å². The molecule has 4 saturated carbocycles. The van der Waals surface area contributed by atoms with Crippen LogP contribution in [-0.2, 0) is 5.41 Å². The van der Waals surface area contributed by atoms with E-state index in [4.69, 9.17) is 14.4 Å². The lowest BCUT2D eigenvalue weighted by Gasteiger charge is -2.56. The molecule has 4 bridgehead atoms. The predicted octanol–water partition coefficient (Wildman–Crippen LogP) is 9.75. The van der Waals surface area contributed by atoms with Gasteiger partial charge in [-0.25, -0.2) is 15.0 Å². The van der Waals surface area contributed by atoms with E-state index in [0.717, 1.165) is 68.3 Å². The number of benzene rings is 4. The van der Waals surface area contributed by atoms with Gasteiger partial charge in [-0.05, 0) is 85.1 Å². The van der Waals surface area contributed by atoms with E-state index in [2.05, 4.69) is 96.0 Å². The second-order valence-electron chi connectivity index (χ2n) is 13.2. The molecule has 2 heterocycles. The molecule has 0 amide bonds. The summed E-state index contributed by atoms with van der Waals surface area (Å²) in [4.78, 5) is 15.0. The van der Waals surface area contributed by atoms with Gasteiger partial charge in [0.05, 0.1) is 11.4 Å². The van der Waals surface area contributed by atoms with Crippen molar-refractivity contribution >= 4 is 11.1 Å². The van der Waals surface area contributed by atoms with Gasteiger partial charge in [0.2, 0.25) is 0 Å². The van der Waals surface area contributed by atoms with Gasteiger partial charge in [0.15, 0.2) is 12.0 Å². The van der Waals surface area contributed by atoms with Gasteiger partial charge >= 0.3 is 0 Å². The van der Waals surface area contributed by atoms with Crippen LogP contribution in [-0.4, -0.2) is 15.0 Å². The Kier molecular flexibility index (Phi) is 5.65. The van der Waals surface area contributed by atoms with Gasteiger partial charge in [-0.3, -0.25) is 0 Å². The molecule has 4 aliphatic carbocycles. The van der Waals surface area contributed by atoms with Crippen molar-refractivity contribution in [2.45, 2.75) is 43.9 Å². The highest BCUT2D eigenvalue weighted by Gasteiger charge is 2.53. The molecule has 4 heteroatoms. The molecule has 0 N–H and O–H groups in total. The number of hydrogen-bond donors (Lipinski definition) is 0. The van der Waals surface area contributed by atoms with Crippen LogP contribution in [0.25, 0.3) is 55.9 Å². The fraction of sp³-hybridized carbons (Fsp3) is 0.256. The molecule has 43 heavy (non-hydrogen) atoms. The second-order valence-corrected chi connectivity index (χ2v) is 13.2. The SMILES string of the molecule is c1ccc(-c2cc(-c3ccc(-c4ccc(-c5cccc6ncoc56)cc4)cc3)nc(C34CC5CC(CC(C5)C3)C4)n2)cc1. The molecule has 0 unspecified atom stereocenters. The van der Waals surface area contributed by atoms with Crippen LogP contribution in [0.4, 0.5) is 0 Å². The summed E-state index contributed by atoms with van der Waals surface area (Å²) < 4.78 is 5.66. The van der Waals surface area contributed by atoms with E-state index >= 15 is 0 Å². The van der Waals surface area contributed by atoms with Gasteiger partial charge in [-0.1, -0.05) is 91.0 Å². The van der Waals surface area contributed by atoms with Gasteiger partial charge in [-0.15, -0.1) is 0 Å². The summed E-state index contributed by atoms with van der Waals surface area (Å²) in [6.45, 7) is 0. The van der Waals surface area contributed by atoms with Crippen molar-refractivity contribution in [2.75, 3.05) is 0 Å². The van der Waals surface area contributed by atoms with Crippen LogP contribution >= 0.6 is 0 Å². The molecule has 4 fully saturated rings. The van der Waals surface area contributed by atoms with Crippen molar-refractivity contribution in [3.63, 3.8) is 0 Å². The van der Waals surface area contributed by atoms with Gasteiger partial charge in [0.25, 0.3) is 0 Å². The normalized spacial score (nSPS) is 24.0. The van der Waals surface area contributed by atoms with Crippen LogP contribution in [0.1, 0.15) is 44.3 Å². The van der Waals surface area contributed by atoms with E-state index in [-0.39, 0.29) is 5.41 Å². The van der Waals surface area contributed by atoms with Gasteiger partial charge < -0.3 is 4.42 Å².